The Balaban J connectivity index is 1.36. The first-order valence-electron chi connectivity index (χ1n) is 10.6. The fraction of sp³-hybridized carbons (Fsp3) is 0.269. The van der Waals surface area contributed by atoms with Gasteiger partial charge in [-0.3, -0.25) is 0 Å². The average molecular weight is 417 g/mol. The first-order chi connectivity index (χ1) is 15.2. The van der Waals surface area contributed by atoms with E-state index < -0.39 is 0 Å². The monoisotopic (exact) mass is 416 g/mol. The summed E-state index contributed by atoms with van der Waals surface area (Å²) >= 11 is 0. The minimum Gasteiger partial charge on any atom is -0.497 e. The van der Waals surface area contributed by atoms with Crippen molar-refractivity contribution in [2.24, 2.45) is 0 Å². The number of benzene rings is 3. The zero-order chi connectivity index (χ0) is 21.5. The summed E-state index contributed by atoms with van der Waals surface area (Å²) in [5, 5.41) is 0. The van der Waals surface area contributed by atoms with Crippen molar-refractivity contribution in [1.82, 2.24) is 9.55 Å². The Morgan fingerprint density at radius 1 is 0.806 bits per heavy atom. The summed E-state index contributed by atoms with van der Waals surface area (Å²) in [6.45, 7) is 4.05. The molecule has 0 saturated carbocycles. The van der Waals surface area contributed by atoms with Crippen molar-refractivity contribution in [1.29, 1.82) is 0 Å². The maximum atomic E-state index is 6.08. The molecule has 0 amide bonds. The van der Waals surface area contributed by atoms with Crippen LogP contribution in [0.25, 0.3) is 11.0 Å². The number of rotatable bonds is 10. The van der Waals surface area contributed by atoms with Crippen molar-refractivity contribution in [3.8, 4) is 17.2 Å². The lowest BCUT2D eigenvalue weighted by Crippen LogP contribution is -2.09. The van der Waals surface area contributed by atoms with E-state index in [1.807, 2.05) is 48.5 Å². The largest absolute Gasteiger partial charge is 0.497 e. The van der Waals surface area contributed by atoms with Crippen LogP contribution in [-0.2, 0) is 13.2 Å². The third-order valence-electron chi connectivity index (χ3n) is 5.29. The van der Waals surface area contributed by atoms with Gasteiger partial charge >= 0.3 is 0 Å². The minimum absolute atomic E-state index is 0.446. The van der Waals surface area contributed by atoms with Gasteiger partial charge in [-0.1, -0.05) is 30.3 Å². The van der Waals surface area contributed by atoms with Crippen LogP contribution in [0.1, 0.15) is 24.2 Å². The molecule has 0 N–H and O–H groups in total. The number of fused-ring (bicyclic) bond motifs is 1. The van der Waals surface area contributed by atoms with Crippen LogP contribution in [0.4, 0.5) is 0 Å². The molecule has 0 spiro atoms. The zero-order valence-corrected chi connectivity index (χ0v) is 18.1. The number of aryl methyl sites for hydroxylation is 2. The molecule has 1 aromatic heterocycles. The number of unbranched alkanes of at least 4 members (excludes halogenated alkanes) is 1. The lowest BCUT2D eigenvalue weighted by atomic mass is 10.2. The summed E-state index contributed by atoms with van der Waals surface area (Å²) < 4.78 is 19.4. The second kappa shape index (κ2) is 10.0. The summed E-state index contributed by atoms with van der Waals surface area (Å²) in [5.41, 5.74) is 3.27. The van der Waals surface area contributed by atoms with E-state index in [1.165, 1.54) is 0 Å². The molecule has 0 bridgehead atoms. The van der Waals surface area contributed by atoms with Gasteiger partial charge in [0.05, 0.1) is 24.8 Å². The molecular weight excluding hydrogens is 388 g/mol. The maximum Gasteiger partial charge on any atom is 0.147 e. The predicted molar refractivity (Wildman–Crippen MR) is 123 cm³/mol. The molecule has 0 aliphatic heterocycles. The summed E-state index contributed by atoms with van der Waals surface area (Å²) in [6.07, 6.45) is 1.95. The Morgan fingerprint density at radius 2 is 1.55 bits per heavy atom. The Hall–Kier alpha value is -3.47. The third-order valence-corrected chi connectivity index (χ3v) is 5.29. The van der Waals surface area contributed by atoms with Gasteiger partial charge in [-0.15, -0.1) is 0 Å². The third kappa shape index (κ3) is 5.18. The highest BCUT2D eigenvalue weighted by atomic mass is 16.5. The van der Waals surface area contributed by atoms with Crippen LogP contribution >= 0.6 is 0 Å². The molecule has 160 valence electrons. The quantitative estimate of drug-likeness (QED) is 0.307. The molecule has 3 aromatic carbocycles. The van der Waals surface area contributed by atoms with Crippen molar-refractivity contribution in [2.75, 3.05) is 13.7 Å². The van der Waals surface area contributed by atoms with E-state index in [-0.39, 0.29) is 0 Å². The number of imidazole rings is 1. The van der Waals surface area contributed by atoms with Crippen molar-refractivity contribution < 1.29 is 14.2 Å². The summed E-state index contributed by atoms with van der Waals surface area (Å²) in [7, 11) is 1.66. The molecule has 0 aliphatic rings. The van der Waals surface area contributed by atoms with E-state index in [0.29, 0.717) is 13.2 Å². The van der Waals surface area contributed by atoms with Gasteiger partial charge in [0.2, 0.25) is 0 Å². The second-order valence-electron chi connectivity index (χ2n) is 7.45. The van der Waals surface area contributed by atoms with E-state index in [9.17, 15) is 0 Å². The molecule has 5 heteroatoms. The minimum atomic E-state index is 0.446. The zero-order valence-electron chi connectivity index (χ0n) is 18.1. The topological polar surface area (TPSA) is 45.5 Å². The van der Waals surface area contributed by atoms with Crippen LogP contribution in [0, 0.1) is 6.92 Å². The van der Waals surface area contributed by atoms with Crippen LogP contribution in [0.5, 0.6) is 17.2 Å². The Kier molecular flexibility index (Phi) is 6.72. The van der Waals surface area contributed by atoms with Crippen LogP contribution < -0.4 is 14.2 Å². The number of methoxy groups -OCH3 is 1. The van der Waals surface area contributed by atoms with Gasteiger partial charge < -0.3 is 18.8 Å². The average Bonchev–Trinajstić information content (AvgIpc) is 3.16. The molecule has 0 saturated heterocycles. The first kappa shape index (κ1) is 20.8. The van der Waals surface area contributed by atoms with Crippen LogP contribution in [0.15, 0.2) is 72.8 Å². The van der Waals surface area contributed by atoms with Crippen LogP contribution in [0.3, 0.4) is 0 Å². The highest BCUT2D eigenvalue weighted by molar-refractivity contribution is 5.75. The summed E-state index contributed by atoms with van der Waals surface area (Å²) in [6, 6.07) is 24.0. The predicted octanol–water partition coefficient (Wildman–Crippen LogP) is 5.79. The first-order valence-corrected chi connectivity index (χ1v) is 10.6. The van der Waals surface area contributed by atoms with E-state index in [0.717, 1.165) is 59.1 Å². The number of hydrogen-bond donors (Lipinski definition) is 0. The maximum absolute atomic E-state index is 6.08. The Bertz CT molecular complexity index is 1120. The van der Waals surface area contributed by atoms with Gasteiger partial charge in [-0.05, 0) is 67.8 Å². The lowest BCUT2D eigenvalue weighted by Gasteiger charge is -2.12. The number of nitrogens with zero attached hydrogens (tertiary/aromatic N) is 2. The molecule has 4 rings (SSSR count). The second-order valence-corrected chi connectivity index (χ2v) is 7.45. The van der Waals surface area contributed by atoms with Gasteiger partial charge in [-0.2, -0.15) is 0 Å². The van der Waals surface area contributed by atoms with E-state index >= 15 is 0 Å². The molecule has 0 radical (unpaired) electrons. The van der Waals surface area contributed by atoms with Gasteiger partial charge in [0, 0.05) is 6.54 Å². The number of aromatic nitrogens is 2. The number of ether oxygens (including phenoxy) is 3. The smallest absolute Gasteiger partial charge is 0.147 e. The van der Waals surface area contributed by atoms with E-state index in [1.54, 1.807) is 7.11 Å². The molecule has 0 fully saturated rings. The SMILES string of the molecule is COc1ccc(OCCCCn2c(COc3ccccc3C)nc3ccccc32)cc1. The molecule has 0 unspecified atom stereocenters. The van der Waals surface area contributed by atoms with Gasteiger partial charge in [-0.25, -0.2) is 4.98 Å². The fourth-order valence-electron chi connectivity index (χ4n) is 3.58. The van der Waals surface area contributed by atoms with Crippen molar-refractivity contribution in [3.05, 3.63) is 84.2 Å². The molecular formula is C26H28N2O3. The van der Waals surface area contributed by atoms with E-state index in [4.69, 9.17) is 19.2 Å². The standard InChI is InChI=1S/C26H28N2O3/c1-20-9-3-6-12-25(20)31-19-26-27-23-10-4-5-11-24(23)28(26)17-7-8-18-30-22-15-13-21(29-2)14-16-22/h3-6,9-16H,7-8,17-19H2,1-2H3. The highest BCUT2D eigenvalue weighted by Crippen LogP contribution is 2.21. The summed E-state index contributed by atoms with van der Waals surface area (Å²) in [4.78, 5) is 4.82. The van der Waals surface area contributed by atoms with Crippen molar-refractivity contribution in [3.63, 3.8) is 0 Å². The lowest BCUT2D eigenvalue weighted by molar-refractivity contribution is 0.283. The number of para-hydroxylation sites is 3. The molecule has 1 heterocycles. The van der Waals surface area contributed by atoms with Gasteiger partial charge in [0.15, 0.2) is 0 Å². The van der Waals surface area contributed by atoms with Gasteiger partial charge in [0.1, 0.15) is 29.7 Å². The fourth-order valence-corrected chi connectivity index (χ4v) is 3.58. The molecule has 31 heavy (non-hydrogen) atoms. The normalized spacial score (nSPS) is 10.9. The van der Waals surface area contributed by atoms with Crippen LogP contribution in [0.2, 0.25) is 0 Å². The van der Waals surface area contributed by atoms with Crippen molar-refractivity contribution in [2.45, 2.75) is 32.9 Å². The van der Waals surface area contributed by atoms with Crippen molar-refractivity contribution >= 4 is 11.0 Å². The Morgan fingerprint density at radius 3 is 2.35 bits per heavy atom. The summed E-state index contributed by atoms with van der Waals surface area (Å²) in [5.74, 6) is 3.54. The Labute approximate surface area is 183 Å². The molecule has 0 atom stereocenters. The van der Waals surface area contributed by atoms with Gasteiger partial charge in [0.25, 0.3) is 0 Å². The molecule has 4 aromatic rings. The molecule has 5 nitrogen and oxygen atoms in total. The van der Waals surface area contributed by atoms with E-state index in [2.05, 4.69) is 35.8 Å². The highest BCUT2D eigenvalue weighted by Gasteiger charge is 2.11. The number of hydrogen-bond acceptors (Lipinski definition) is 4. The molecule has 0 aliphatic carbocycles. The van der Waals surface area contributed by atoms with Crippen LogP contribution in [-0.4, -0.2) is 23.3 Å².